The van der Waals surface area contributed by atoms with E-state index in [2.05, 4.69) is 44.3 Å². The smallest absolute Gasteiger partial charge is 0.224 e. The van der Waals surface area contributed by atoms with Gasteiger partial charge in [0.2, 0.25) is 5.91 Å². The Morgan fingerprint density at radius 1 is 1.28 bits per heavy atom. The van der Waals surface area contributed by atoms with Crippen molar-refractivity contribution in [3.05, 3.63) is 34.9 Å². The summed E-state index contributed by atoms with van der Waals surface area (Å²) in [6, 6.07) is 6.70. The van der Waals surface area contributed by atoms with Crippen molar-refractivity contribution >= 4 is 5.91 Å². The highest BCUT2D eigenvalue weighted by molar-refractivity contribution is 5.80. The zero-order valence-corrected chi connectivity index (χ0v) is 12.0. The Morgan fingerprint density at radius 3 is 2.22 bits per heavy atom. The van der Waals surface area contributed by atoms with Crippen molar-refractivity contribution in [3.63, 3.8) is 0 Å². The van der Waals surface area contributed by atoms with Gasteiger partial charge in [-0.05, 0) is 40.2 Å². The Morgan fingerprint density at radius 2 is 1.78 bits per heavy atom. The number of benzene rings is 1. The van der Waals surface area contributed by atoms with E-state index < -0.39 is 5.41 Å². The van der Waals surface area contributed by atoms with Crippen LogP contribution in [0.5, 0.6) is 0 Å². The van der Waals surface area contributed by atoms with Gasteiger partial charge in [-0.3, -0.25) is 4.79 Å². The Hall–Kier alpha value is -1.35. The van der Waals surface area contributed by atoms with Gasteiger partial charge >= 0.3 is 0 Å². The van der Waals surface area contributed by atoms with Gasteiger partial charge in [-0.15, -0.1) is 0 Å². The molecule has 0 heterocycles. The minimum atomic E-state index is -0.521. The van der Waals surface area contributed by atoms with Crippen LogP contribution in [0.15, 0.2) is 18.2 Å². The molecule has 1 amide bonds. The van der Waals surface area contributed by atoms with E-state index in [0.29, 0.717) is 6.54 Å². The highest BCUT2D eigenvalue weighted by Crippen LogP contribution is 2.19. The fraction of sp³-hybridized carbons (Fsp3) is 0.533. The average molecular weight is 248 g/mol. The first-order chi connectivity index (χ1) is 8.22. The molecule has 18 heavy (non-hydrogen) atoms. The average Bonchev–Trinajstić information content (AvgIpc) is 2.24. The molecule has 1 unspecified atom stereocenters. The molecular formula is C15H24N2O. The first-order valence-corrected chi connectivity index (χ1v) is 6.34. The lowest BCUT2D eigenvalue weighted by molar-refractivity contribution is -0.125. The summed E-state index contributed by atoms with van der Waals surface area (Å²) >= 11 is 0. The highest BCUT2D eigenvalue weighted by Gasteiger charge is 2.25. The molecule has 0 saturated carbocycles. The molecule has 0 bridgehead atoms. The topological polar surface area (TPSA) is 55.1 Å². The molecule has 3 N–H and O–H groups in total. The third kappa shape index (κ3) is 3.84. The Labute approximate surface area is 110 Å². The summed E-state index contributed by atoms with van der Waals surface area (Å²) in [5.74, 6) is -0.275. The second kappa shape index (κ2) is 5.53. The van der Waals surface area contributed by atoms with Crippen LogP contribution < -0.4 is 11.1 Å². The van der Waals surface area contributed by atoms with Crippen molar-refractivity contribution in [2.24, 2.45) is 11.1 Å². The molecule has 100 valence electrons. The molecule has 3 nitrogen and oxygen atoms in total. The number of nitrogens with one attached hydrogen (secondary N) is 1. The molecule has 0 aliphatic heterocycles. The lowest BCUT2D eigenvalue weighted by Gasteiger charge is -2.24. The number of aryl methyl sites for hydroxylation is 2. The molecule has 0 fully saturated rings. The summed E-state index contributed by atoms with van der Waals surface area (Å²) < 4.78 is 0. The van der Waals surface area contributed by atoms with E-state index in [1.54, 1.807) is 0 Å². The molecule has 1 aromatic carbocycles. The van der Waals surface area contributed by atoms with E-state index in [0.717, 1.165) is 0 Å². The van der Waals surface area contributed by atoms with Crippen LogP contribution in [-0.4, -0.2) is 12.5 Å². The fourth-order valence-corrected chi connectivity index (χ4v) is 1.87. The van der Waals surface area contributed by atoms with E-state index in [9.17, 15) is 4.79 Å². The second-order valence-electron chi connectivity index (χ2n) is 5.77. The number of hydrogen-bond donors (Lipinski definition) is 2. The largest absolute Gasteiger partial charge is 0.369 e. The summed E-state index contributed by atoms with van der Waals surface area (Å²) in [6.07, 6.45) is 0. The van der Waals surface area contributed by atoms with Crippen LogP contribution >= 0.6 is 0 Å². The first-order valence-electron chi connectivity index (χ1n) is 6.34. The van der Waals surface area contributed by atoms with Crippen molar-refractivity contribution in [1.82, 2.24) is 5.32 Å². The molecule has 1 atom stereocenters. The molecule has 0 radical (unpaired) electrons. The third-order valence-corrected chi connectivity index (χ3v) is 3.26. The van der Waals surface area contributed by atoms with Crippen LogP contribution in [-0.2, 0) is 4.79 Å². The van der Waals surface area contributed by atoms with Gasteiger partial charge in [0, 0.05) is 12.6 Å². The molecule has 1 rings (SSSR count). The number of nitrogens with two attached hydrogens (primary N) is 1. The summed E-state index contributed by atoms with van der Waals surface area (Å²) in [6.45, 7) is 10.6. The van der Waals surface area contributed by atoms with E-state index in [1.165, 1.54) is 16.7 Å². The van der Waals surface area contributed by atoms with Gasteiger partial charge in [0.15, 0.2) is 0 Å². The van der Waals surface area contributed by atoms with Gasteiger partial charge in [0.25, 0.3) is 0 Å². The Kier molecular flexibility index (Phi) is 4.52. The van der Waals surface area contributed by atoms with Crippen molar-refractivity contribution in [2.75, 3.05) is 6.54 Å². The molecule has 0 aliphatic carbocycles. The SMILES string of the molecule is Cc1cc(C)cc(C(C)NCC(C)(C)C(N)=O)c1. The minimum Gasteiger partial charge on any atom is -0.369 e. The van der Waals surface area contributed by atoms with E-state index in [1.807, 2.05) is 13.8 Å². The van der Waals surface area contributed by atoms with Crippen LogP contribution in [0.25, 0.3) is 0 Å². The van der Waals surface area contributed by atoms with Crippen LogP contribution in [0.2, 0.25) is 0 Å². The molecule has 1 aromatic rings. The third-order valence-electron chi connectivity index (χ3n) is 3.26. The van der Waals surface area contributed by atoms with Crippen molar-refractivity contribution in [2.45, 2.75) is 40.7 Å². The van der Waals surface area contributed by atoms with E-state index in [-0.39, 0.29) is 11.9 Å². The van der Waals surface area contributed by atoms with Crippen molar-refractivity contribution in [1.29, 1.82) is 0 Å². The Balaban J connectivity index is 2.71. The lowest BCUT2D eigenvalue weighted by Crippen LogP contribution is -2.41. The lowest BCUT2D eigenvalue weighted by atomic mass is 9.92. The number of carbonyl (C=O) groups is 1. The van der Waals surface area contributed by atoms with Gasteiger partial charge in [0.1, 0.15) is 0 Å². The van der Waals surface area contributed by atoms with Crippen LogP contribution in [0.3, 0.4) is 0 Å². The van der Waals surface area contributed by atoms with Crippen molar-refractivity contribution < 1.29 is 4.79 Å². The zero-order chi connectivity index (χ0) is 13.9. The number of primary amides is 1. The van der Waals surface area contributed by atoms with Gasteiger partial charge in [-0.2, -0.15) is 0 Å². The molecular weight excluding hydrogens is 224 g/mol. The molecule has 0 aliphatic rings. The van der Waals surface area contributed by atoms with Gasteiger partial charge in [-0.25, -0.2) is 0 Å². The minimum absolute atomic E-state index is 0.210. The fourth-order valence-electron chi connectivity index (χ4n) is 1.87. The van der Waals surface area contributed by atoms with Gasteiger partial charge < -0.3 is 11.1 Å². The van der Waals surface area contributed by atoms with E-state index in [4.69, 9.17) is 5.73 Å². The molecule has 0 saturated heterocycles. The quantitative estimate of drug-likeness (QED) is 0.841. The van der Waals surface area contributed by atoms with Crippen molar-refractivity contribution in [3.8, 4) is 0 Å². The highest BCUT2D eigenvalue weighted by atomic mass is 16.1. The maximum atomic E-state index is 11.3. The van der Waals surface area contributed by atoms with Crippen LogP contribution in [0.4, 0.5) is 0 Å². The summed E-state index contributed by atoms with van der Waals surface area (Å²) in [7, 11) is 0. The predicted molar refractivity (Wildman–Crippen MR) is 75.3 cm³/mol. The molecule has 3 heteroatoms. The van der Waals surface area contributed by atoms with Crippen LogP contribution in [0, 0.1) is 19.3 Å². The monoisotopic (exact) mass is 248 g/mol. The maximum Gasteiger partial charge on any atom is 0.224 e. The molecule has 0 aromatic heterocycles. The molecule has 0 spiro atoms. The van der Waals surface area contributed by atoms with Gasteiger partial charge in [0.05, 0.1) is 5.41 Å². The predicted octanol–water partition coefficient (Wildman–Crippen LogP) is 2.47. The summed E-state index contributed by atoms with van der Waals surface area (Å²) in [4.78, 5) is 11.3. The second-order valence-corrected chi connectivity index (χ2v) is 5.77. The first kappa shape index (κ1) is 14.7. The normalized spacial score (nSPS) is 13.4. The standard InChI is InChI=1S/C15H24N2O/c1-10-6-11(2)8-13(7-10)12(3)17-9-15(4,5)14(16)18/h6-8,12,17H,9H2,1-5H3,(H2,16,18). The zero-order valence-electron chi connectivity index (χ0n) is 12.0. The van der Waals surface area contributed by atoms with Gasteiger partial charge in [-0.1, -0.05) is 29.3 Å². The maximum absolute atomic E-state index is 11.3. The Bertz CT molecular complexity index is 418. The number of carbonyl (C=O) groups excluding carboxylic acids is 1. The number of rotatable bonds is 5. The van der Waals surface area contributed by atoms with E-state index >= 15 is 0 Å². The van der Waals surface area contributed by atoms with Crippen LogP contribution in [0.1, 0.15) is 43.5 Å². The number of amides is 1. The summed E-state index contributed by atoms with van der Waals surface area (Å²) in [5.41, 5.74) is 8.60. The number of hydrogen-bond acceptors (Lipinski definition) is 2. The summed E-state index contributed by atoms with van der Waals surface area (Å²) in [5, 5.41) is 3.37.